The lowest BCUT2D eigenvalue weighted by molar-refractivity contribution is 0.0768. The molecule has 1 nitrogen and oxygen atoms in total. The van der Waals surface area contributed by atoms with Crippen LogP contribution in [0.3, 0.4) is 0 Å². The van der Waals surface area contributed by atoms with Gasteiger partial charge in [-0.1, -0.05) is 29.8 Å². The molecule has 0 spiro atoms. The van der Waals surface area contributed by atoms with Crippen LogP contribution in [0.1, 0.15) is 24.5 Å². The fourth-order valence-corrected chi connectivity index (χ4v) is 1.41. The third kappa shape index (κ3) is 3.72. The molecule has 0 heterocycles. The first-order chi connectivity index (χ1) is 6.53. The van der Waals surface area contributed by atoms with E-state index in [2.05, 4.69) is 43.8 Å². The standard InChI is InChI=1S/C12H18OS/c1-10-3-5-11(6-4-10)7-8-12(2,13)9-14/h3-6,13-14H,7-9H2,1-2H3. The molecular weight excluding hydrogens is 192 g/mol. The molecule has 1 N–H and O–H groups in total. The van der Waals surface area contributed by atoms with E-state index >= 15 is 0 Å². The van der Waals surface area contributed by atoms with E-state index in [0.717, 1.165) is 12.8 Å². The first-order valence-corrected chi connectivity index (χ1v) is 5.55. The van der Waals surface area contributed by atoms with Crippen molar-refractivity contribution < 1.29 is 5.11 Å². The fraction of sp³-hybridized carbons (Fsp3) is 0.500. The van der Waals surface area contributed by atoms with Crippen molar-refractivity contribution >= 4 is 12.6 Å². The van der Waals surface area contributed by atoms with Crippen molar-refractivity contribution in [3.8, 4) is 0 Å². The minimum atomic E-state index is -0.645. The predicted molar refractivity (Wildman–Crippen MR) is 64.0 cm³/mol. The highest BCUT2D eigenvalue weighted by Crippen LogP contribution is 2.15. The van der Waals surface area contributed by atoms with Crippen molar-refractivity contribution in [2.75, 3.05) is 5.75 Å². The molecule has 0 aromatic heterocycles. The lowest BCUT2D eigenvalue weighted by Crippen LogP contribution is -2.26. The zero-order valence-electron chi connectivity index (χ0n) is 8.83. The Morgan fingerprint density at radius 2 is 1.86 bits per heavy atom. The summed E-state index contributed by atoms with van der Waals surface area (Å²) < 4.78 is 0. The molecule has 0 aliphatic heterocycles. The van der Waals surface area contributed by atoms with E-state index in [1.807, 2.05) is 6.92 Å². The molecule has 0 radical (unpaired) electrons. The van der Waals surface area contributed by atoms with Crippen LogP contribution in [0.15, 0.2) is 24.3 Å². The molecule has 0 aliphatic rings. The molecule has 0 bridgehead atoms. The second kappa shape index (κ2) is 4.85. The molecule has 2 heteroatoms. The van der Waals surface area contributed by atoms with Gasteiger partial charge in [-0.15, -0.1) is 0 Å². The first-order valence-electron chi connectivity index (χ1n) is 4.92. The van der Waals surface area contributed by atoms with Crippen LogP contribution >= 0.6 is 12.6 Å². The van der Waals surface area contributed by atoms with Gasteiger partial charge < -0.3 is 5.11 Å². The van der Waals surface area contributed by atoms with Gasteiger partial charge in [0.25, 0.3) is 0 Å². The molecule has 14 heavy (non-hydrogen) atoms. The Morgan fingerprint density at radius 1 is 1.29 bits per heavy atom. The van der Waals surface area contributed by atoms with Crippen molar-refractivity contribution in [3.05, 3.63) is 35.4 Å². The van der Waals surface area contributed by atoms with Gasteiger partial charge in [-0.25, -0.2) is 0 Å². The maximum Gasteiger partial charge on any atom is 0.0710 e. The van der Waals surface area contributed by atoms with Gasteiger partial charge in [-0.3, -0.25) is 0 Å². The normalized spacial score (nSPS) is 15.1. The van der Waals surface area contributed by atoms with Gasteiger partial charge in [0, 0.05) is 5.75 Å². The van der Waals surface area contributed by atoms with Crippen LogP contribution in [0.25, 0.3) is 0 Å². The monoisotopic (exact) mass is 210 g/mol. The molecule has 1 rings (SSSR count). The quantitative estimate of drug-likeness (QED) is 0.732. The number of hydrogen-bond acceptors (Lipinski definition) is 2. The van der Waals surface area contributed by atoms with Crippen LogP contribution in [-0.4, -0.2) is 16.5 Å². The van der Waals surface area contributed by atoms with E-state index in [1.54, 1.807) is 0 Å². The largest absolute Gasteiger partial charge is 0.389 e. The molecule has 0 amide bonds. The average molecular weight is 210 g/mol. The van der Waals surface area contributed by atoms with Gasteiger partial charge in [0.15, 0.2) is 0 Å². The average Bonchev–Trinajstić information content (AvgIpc) is 2.17. The fourth-order valence-electron chi connectivity index (χ4n) is 1.25. The van der Waals surface area contributed by atoms with Crippen LogP contribution < -0.4 is 0 Å². The van der Waals surface area contributed by atoms with Crippen molar-refractivity contribution in [2.24, 2.45) is 0 Å². The van der Waals surface area contributed by atoms with Crippen molar-refractivity contribution in [1.29, 1.82) is 0 Å². The third-order valence-electron chi connectivity index (χ3n) is 2.41. The number of aryl methyl sites for hydroxylation is 2. The zero-order chi connectivity index (χ0) is 10.6. The van der Waals surface area contributed by atoms with Crippen LogP contribution in [-0.2, 0) is 6.42 Å². The summed E-state index contributed by atoms with van der Waals surface area (Å²) in [7, 11) is 0. The van der Waals surface area contributed by atoms with Gasteiger partial charge in [0.2, 0.25) is 0 Å². The summed E-state index contributed by atoms with van der Waals surface area (Å²) in [6, 6.07) is 8.43. The molecule has 1 aromatic carbocycles. The molecule has 1 unspecified atom stereocenters. The minimum absolute atomic E-state index is 0.513. The highest BCUT2D eigenvalue weighted by atomic mass is 32.1. The van der Waals surface area contributed by atoms with E-state index in [4.69, 9.17) is 0 Å². The van der Waals surface area contributed by atoms with Crippen molar-refractivity contribution in [2.45, 2.75) is 32.3 Å². The van der Waals surface area contributed by atoms with Gasteiger partial charge >= 0.3 is 0 Å². The molecule has 0 aliphatic carbocycles. The topological polar surface area (TPSA) is 20.2 Å². The van der Waals surface area contributed by atoms with Crippen LogP contribution in [0.2, 0.25) is 0 Å². The Labute approximate surface area is 91.6 Å². The number of hydrogen-bond donors (Lipinski definition) is 2. The summed E-state index contributed by atoms with van der Waals surface area (Å²) in [6.45, 7) is 3.90. The van der Waals surface area contributed by atoms with E-state index < -0.39 is 5.60 Å². The molecular formula is C12H18OS. The Kier molecular flexibility index (Phi) is 4.02. The first kappa shape index (κ1) is 11.6. The number of benzene rings is 1. The molecule has 1 aromatic rings. The van der Waals surface area contributed by atoms with E-state index in [-0.39, 0.29) is 0 Å². The molecule has 0 saturated heterocycles. The van der Waals surface area contributed by atoms with E-state index in [1.165, 1.54) is 11.1 Å². The Hall–Kier alpha value is -0.470. The lowest BCUT2D eigenvalue weighted by atomic mass is 9.98. The van der Waals surface area contributed by atoms with Crippen LogP contribution in [0.4, 0.5) is 0 Å². The van der Waals surface area contributed by atoms with Gasteiger partial charge in [0.1, 0.15) is 0 Å². The SMILES string of the molecule is Cc1ccc(CCC(C)(O)CS)cc1. The number of rotatable bonds is 4. The van der Waals surface area contributed by atoms with E-state index in [0.29, 0.717) is 5.75 Å². The smallest absolute Gasteiger partial charge is 0.0710 e. The number of aliphatic hydroxyl groups is 1. The van der Waals surface area contributed by atoms with Crippen LogP contribution in [0.5, 0.6) is 0 Å². The highest BCUT2D eigenvalue weighted by molar-refractivity contribution is 7.80. The molecule has 1 atom stereocenters. The van der Waals surface area contributed by atoms with Crippen molar-refractivity contribution in [1.82, 2.24) is 0 Å². The maximum absolute atomic E-state index is 9.76. The third-order valence-corrected chi connectivity index (χ3v) is 3.09. The van der Waals surface area contributed by atoms with Crippen LogP contribution in [0, 0.1) is 6.92 Å². The van der Waals surface area contributed by atoms with Crippen molar-refractivity contribution in [3.63, 3.8) is 0 Å². The molecule has 0 saturated carbocycles. The second-order valence-electron chi connectivity index (χ2n) is 4.14. The maximum atomic E-state index is 9.76. The van der Waals surface area contributed by atoms with Gasteiger partial charge in [-0.05, 0) is 32.3 Å². The Bertz CT molecular complexity index is 277. The Balaban J connectivity index is 2.50. The highest BCUT2D eigenvalue weighted by Gasteiger charge is 2.17. The molecule has 78 valence electrons. The number of thiol groups is 1. The van der Waals surface area contributed by atoms with Gasteiger partial charge in [0.05, 0.1) is 5.60 Å². The predicted octanol–water partition coefficient (Wildman–Crippen LogP) is 2.61. The second-order valence-corrected chi connectivity index (χ2v) is 4.46. The Morgan fingerprint density at radius 3 is 2.36 bits per heavy atom. The summed E-state index contributed by atoms with van der Waals surface area (Å²) >= 11 is 4.11. The van der Waals surface area contributed by atoms with Gasteiger partial charge in [-0.2, -0.15) is 12.6 Å². The summed E-state index contributed by atoms with van der Waals surface area (Å²) in [5, 5.41) is 9.76. The molecule has 0 fully saturated rings. The lowest BCUT2D eigenvalue weighted by Gasteiger charge is -2.20. The minimum Gasteiger partial charge on any atom is -0.389 e. The summed E-state index contributed by atoms with van der Waals surface area (Å²) in [6.07, 6.45) is 1.67. The summed E-state index contributed by atoms with van der Waals surface area (Å²) in [4.78, 5) is 0. The zero-order valence-corrected chi connectivity index (χ0v) is 9.72. The summed E-state index contributed by atoms with van der Waals surface area (Å²) in [5.41, 5.74) is 1.90. The summed E-state index contributed by atoms with van der Waals surface area (Å²) in [5.74, 6) is 0.513. The van der Waals surface area contributed by atoms with E-state index in [9.17, 15) is 5.11 Å².